The Morgan fingerprint density at radius 3 is 2.05 bits per heavy atom. The summed E-state index contributed by atoms with van der Waals surface area (Å²) in [7, 11) is 4.40. The van der Waals surface area contributed by atoms with Crippen molar-refractivity contribution in [2.45, 2.75) is 38.1 Å². The first-order valence-electron chi connectivity index (χ1n) is 12.0. The van der Waals surface area contributed by atoms with Crippen molar-refractivity contribution < 1.29 is 38.9 Å². The number of ether oxygens (including phenoxy) is 2. The van der Waals surface area contributed by atoms with Crippen molar-refractivity contribution in [3.8, 4) is 22.6 Å². The molecule has 3 unspecified atom stereocenters. The first-order valence-corrected chi connectivity index (χ1v) is 12.0. The fraction of sp³-hybridized carbons (Fsp3) is 0.407. The van der Waals surface area contributed by atoms with E-state index in [1.165, 1.54) is 7.11 Å². The number of rotatable bonds is 11. The molecule has 0 aliphatic heterocycles. The lowest BCUT2D eigenvalue weighted by molar-refractivity contribution is -0.144. The zero-order valence-electron chi connectivity index (χ0n) is 21.1. The van der Waals surface area contributed by atoms with Crippen LogP contribution in [0.15, 0.2) is 47.6 Å². The maximum absolute atomic E-state index is 13.1. The Bertz CT molecular complexity index is 1120. The summed E-state index contributed by atoms with van der Waals surface area (Å²) >= 11 is 0. The molecule has 1 amide bonds. The number of nitrogens with one attached hydrogen (secondary N) is 1. The van der Waals surface area contributed by atoms with Crippen LogP contribution in [-0.2, 0) is 25.6 Å². The zero-order valence-corrected chi connectivity index (χ0v) is 21.1. The van der Waals surface area contributed by atoms with Crippen molar-refractivity contribution in [3.05, 3.63) is 48.0 Å². The average Bonchev–Trinajstić information content (AvgIpc) is 2.91. The van der Waals surface area contributed by atoms with E-state index in [1.54, 1.807) is 26.4 Å². The van der Waals surface area contributed by atoms with Crippen molar-refractivity contribution in [1.29, 1.82) is 0 Å². The molecule has 3 N–H and O–H groups in total. The van der Waals surface area contributed by atoms with Gasteiger partial charge in [-0.05, 0) is 36.1 Å². The van der Waals surface area contributed by atoms with Gasteiger partial charge in [-0.1, -0.05) is 48.3 Å². The van der Waals surface area contributed by atoms with Crippen molar-refractivity contribution >= 4 is 23.6 Å². The maximum Gasteiger partial charge on any atom is 0.326 e. The molecule has 1 aliphatic carbocycles. The molecule has 0 aromatic heterocycles. The molecule has 0 spiro atoms. The second-order valence-corrected chi connectivity index (χ2v) is 8.80. The summed E-state index contributed by atoms with van der Waals surface area (Å²) in [4.78, 5) is 41.7. The number of nitrogens with zero attached hydrogens (tertiary/aromatic N) is 1. The molecule has 1 fully saturated rings. The molecule has 0 bridgehead atoms. The highest BCUT2D eigenvalue weighted by atomic mass is 16.6. The van der Waals surface area contributed by atoms with Gasteiger partial charge in [0.2, 0.25) is 0 Å². The molecule has 10 nitrogen and oxygen atoms in total. The van der Waals surface area contributed by atoms with Gasteiger partial charge >= 0.3 is 11.9 Å². The van der Waals surface area contributed by atoms with Gasteiger partial charge in [-0.15, -0.1) is 0 Å². The van der Waals surface area contributed by atoms with Gasteiger partial charge in [-0.3, -0.25) is 9.59 Å². The lowest BCUT2D eigenvalue weighted by Crippen LogP contribution is -2.48. The number of hydrogen-bond donors (Lipinski definition) is 3. The van der Waals surface area contributed by atoms with Crippen LogP contribution in [0.3, 0.4) is 0 Å². The number of carboxylic acid groups (broad SMARTS) is 2. The van der Waals surface area contributed by atoms with Crippen LogP contribution in [0.25, 0.3) is 11.1 Å². The van der Waals surface area contributed by atoms with Gasteiger partial charge in [0.1, 0.15) is 30.4 Å². The summed E-state index contributed by atoms with van der Waals surface area (Å²) in [6, 6.07) is 11.4. The fourth-order valence-electron chi connectivity index (χ4n) is 4.74. The molecule has 10 heteroatoms. The summed E-state index contributed by atoms with van der Waals surface area (Å²) in [5, 5.41) is 25.7. The molecule has 2 aromatic rings. The Morgan fingerprint density at radius 1 is 0.946 bits per heavy atom. The number of carbonyl (C=O) groups excluding carboxylic acids is 1. The molecule has 1 aliphatic rings. The van der Waals surface area contributed by atoms with E-state index >= 15 is 0 Å². The Balaban J connectivity index is 1.79. The number of carbonyl (C=O) groups is 3. The quantitative estimate of drug-likeness (QED) is 0.307. The van der Waals surface area contributed by atoms with E-state index in [1.807, 2.05) is 30.3 Å². The number of oxime groups is 1. The number of hydrogen-bond acceptors (Lipinski definition) is 7. The minimum atomic E-state index is -1.26. The van der Waals surface area contributed by atoms with E-state index < -0.39 is 35.7 Å². The first-order chi connectivity index (χ1) is 17.8. The van der Waals surface area contributed by atoms with Gasteiger partial charge in [0.15, 0.2) is 0 Å². The number of aliphatic carboxylic acids is 2. The standard InChI is InChI=1S/C27H32N2O8/c1-35-21-9-6-10-22(36-2)23(21)17-13-11-16(12-14-17)15-20(27(33)34)28-25(30)24(29-37-3)18-7-4-5-8-19(18)26(31)32/h6,9-14,18-20H,4-5,7-8,15H2,1-3H3,(H,28,30)(H,31,32)(H,33,34)/b29-24+. The Hall–Kier alpha value is -4.08. The Labute approximate surface area is 215 Å². The predicted octanol–water partition coefficient (Wildman–Crippen LogP) is 3.38. The van der Waals surface area contributed by atoms with Crippen LogP contribution in [-0.4, -0.2) is 61.1 Å². The Morgan fingerprint density at radius 2 is 1.54 bits per heavy atom. The number of carboxylic acids is 2. The van der Waals surface area contributed by atoms with Crippen molar-refractivity contribution in [3.63, 3.8) is 0 Å². The molecule has 198 valence electrons. The largest absolute Gasteiger partial charge is 0.496 e. The average molecular weight is 513 g/mol. The number of methoxy groups -OCH3 is 2. The van der Waals surface area contributed by atoms with Crippen LogP contribution in [0, 0.1) is 11.8 Å². The van der Waals surface area contributed by atoms with Crippen LogP contribution in [0.4, 0.5) is 0 Å². The zero-order chi connectivity index (χ0) is 26.9. The monoisotopic (exact) mass is 512 g/mol. The fourth-order valence-corrected chi connectivity index (χ4v) is 4.74. The van der Waals surface area contributed by atoms with Crippen LogP contribution in [0.2, 0.25) is 0 Å². The first kappa shape index (κ1) is 27.5. The van der Waals surface area contributed by atoms with Crippen LogP contribution < -0.4 is 14.8 Å². The van der Waals surface area contributed by atoms with Crippen LogP contribution in [0.5, 0.6) is 11.5 Å². The van der Waals surface area contributed by atoms with Gasteiger partial charge < -0.3 is 29.8 Å². The van der Waals surface area contributed by atoms with Crippen molar-refractivity contribution in [2.24, 2.45) is 17.0 Å². The summed E-state index contributed by atoms with van der Waals surface area (Å²) < 4.78 is 10.9. The molecule has 0 radical (unpaired) electrons. The Kier molecular flexibility index (Phi) is 9.48. The molecule has 0 saturated heterocycles. The second-order valence-electron chi connectivity index (χ2n) is 8.80. The third kappa shape index (κ3) is 6.58. The normalized spacial score (nSPS) is 18.4. The van der Waals surface area contributed by atoms with Crippen molar-refractivity contribution in [1.82, 2.24) is 5.32 Å². The second kappa shape index (κ2) is 12.8. The highest BCUT2D eigenvalue weighted by molar-refractivity contribution is 6.40. The van der Waals surface area contributed by atoms with E-state index in [0.717, 1.165) is 24.0 Å². The van der Waals surface area contributed by atoms with Crippen LogP contribution >= 0.6 is 0 Å². The predicted molar refractivity (Wildman–Crippen MR) is 136 cm³/mol. The van der Waals surface area contributed by atoms with Gasteiger partial charge in [0.25, 0.3) is 5.91 Å². The van der Waals surface area contributed by atoms with Crippen LogP contribution in [0.1, 0.15) is 31.2 Å². The molecule has 3 atom stereocenters. The van der Waals surface area contributed by atoms with Gasteiger partial charge in [-0.25, -0.2) is 4.79 Å². The third-order valence-corrected chi connectivity index (χ3v) is 6.57. The highest BCUT2D eigenvalue weighted by Crippen LogP contribution is 2.38. The summed E-state index contributed by atoms with van der Waals surface area (Å²) in [6.45, 7) is 0. The molecule has 2 aromatic carbocycles. The number of benzene rings is 2. The SMILES string of the molecule is CO/N=C(/C(=O)NC(Cc1ccc(-c2c(OC)cccc2OC)cc1)C(=O)O)C1CCCCC1C(=O)O. The summed E-state index contributed by atoms with van der Waals surface area (Å²) in [5.74, 6) is -3.15. The molecule has 37 heavy (non-hydrogen) atoms. The highest BCUT2D eigenvalue weighted by Gasteiger charge is 2.38. The summed E-state index contributed by atoms with van der Waals surface area (Å²) in [5.41, 5.74) is 2.17. The minimum Gasteiger partial charge on any atom is -0.496 e. The van der Waals surface area contributed by atoms with Gasteiger partial charge in [-0.2, -0.15) is 0 Å². The summed E-state index contributed by atoms with van der Waals surface area (Å²) in [6.07, 6.45) is 2.37. The van der Waals surface area contributed by atoms with Gasteiger partial charge in [0.05, 0.1) is 25.7 Å². The smallest absolute Gasteiger partial charge is 0.326 e. The number of amides is 1. The molecular weight excluding hydrogens is 480 g/mol. The molecule has 3 rings (SSSR count). The van der Waals surface area contributed by atoms with E-state index in [4.69, 9.17) is 14.3 Å². The van der Waals surface area contributed by atoms with Crippen molar-refractivity contribution in [2.75, 3.05) is 21.3 Å². The molecular formula is C27H32N2O8. The molecule has 1 saturated carbocycles. The van der Waals surface area contributed by atoms with E-state index in [-0.39, 0.29) is 12.1 Å². The minimum absolute atomic E-state index is 0.0116. The lowest BCUT2D eigenvalue weighted by atomic mass is 9.76. The topological polar surface area (TPSA) is 144 Å². The van der Waals surface area contributed by atoms with E-state index in [9.17, 15) is 24.6 Å². The lowest BCUT2D eigenvalue weighted by Gasteiger charge is -2.29. The van der Waals surface area contributed by atoms with E-state index in [2.05, 4.69) is 10.5 Å². The maximum atomic E-state index is 13.1. The van der Waals surface area contributed by atoms with Gasteiger partial charge in [0, 0.05) is 12.3 Å². The molecule has 0 heterocycles. The third-order valence-electron chi connectivity index (χ3n) is 6.57. The van der Waals surface area contributed by atoms with E-state index in [0.29, 0.717) is 29.9 Å².